The zero-order valence-electron chi connectivity index (χ0n) is 10.2. The molecule has 1 heterocycles. The molecule has 2 aromatic carbocycles. The molecule has 3 rings (SSSR count). The molecule has 1 unspecified atom stereocenters. The van der Waals surface area contributed by atoms with Gasteiger partial charge in [0.2, 0.25) is 0 Å². The lowest BCUT2D eigenvalue weighted by Crippen LogP contribution is -2.10. The first-order valence-electron chi connectivity index (χ1n) is 5.95. The Hall–Kier alpha value is -1.55. The van der Waals surface area contributed by atoms with Crippen molar-refractivity contribution in [2.75, 3.05) is 0 Å². The highest BCUT2D eigenvalue weighted by molar-refractivity contribution is 6.42. The minimum Gasteiger partial charge on any atom is -0.456 e. The van der Waals surface area contributed by atoms with Crippen molar-refractivity contribution < 1.29 is 8.81 Å². The van der Waals surface area contributed by atoms with E-state index in [0.29, 0.717) is 21.2 Å². The smallest absolute Gasteiger partial charge is 0.169 e. The van der Waals surface area contributed by atoms with Crippen molar-refractivity contribution in [3.8, 4) is 0 Å². The molecule has 1 aromatic heterocycles. The number of fused-ring (bicyclic) bond motifs is 1. The fraction of sp³-hybridized carbons (Fsp3) is 0.0667. The number of nitrogens with two attached hydrogens (primary N) is 1. The summed E-state index contributed by atoms with van der Waals surface area (Å²) in [5.74, 6) is 0.0681. The van der Waals surface area contributed by atoms with Gasteiger partial charge in [-0.2, -0.15) is 0 Å². The SMILES string of the molecule is NC(c1ccc(Cl)c(Cl)c1)c1cc2cccc(F)c2o1. The monoisotopic (exact) mass is 309 g/mol. The normalized spacial score (nSPS) is 12.8. The van der Waals surface area contributed by atoms with E-state index in [4.69, 9.17) is 33.4 Å². The van der Waals surface area contributed by atoms with Gasteiger partial charge in [-0.05, 0) is 29.8 Å². The summed E-state index contributed by atoms with van der Waals surface area (Å²) < 4.78 is 19.1. The molecule has 0 aliphatic heterocycles. The molecule has 20 heavy (non-hydrogen) atoms. The van der Waals surface area contributed by atoms with Crippen LogP contribution in [0.15, 0.2) is 46.9 Å². The summed E-state index contributed by atoms with van der Waals surface area (Å²) in [6, 6.07) is 11.1. The topological polar surface area (TPSA) is 39.2 Å². The van der Waals surface area contributed by atoms with E-state index in [1.165, 1.54) is 6.07 Å². The summed E-state index contributed by atoms with van der Waals surface area (Å²) >= 11 is 11.8. The number of hydrogen-bond acceptors (Lipinski definition) is 2. The molecule has 102 valence electrons. The molecule has 0 radical (unpaired) electrons. The lowest BCUT2D eigenvalue weighted by atomic mass is 10.1. The average Bonchev–Trinajstić information content (AvgIpc) is 2.86. The van der Waals surface area contributed by atoms with Crippen LogP contribution in [-0.4, -0.2) is 0 Å². The number of halogens is 3. The molecule has 0 fully saturated rings. The summed E-state index contributed by atoms with van der Waals surface area (Å²) in [7, 11) is 0. The molecule has 2 N–H and O–H groups in total. The summed E-state index contributed by atoms with van der Waals surface area (Å²) in [6.45, 7) is 0. The van der Waals surface area contributed by atoms with E-state index in [2.05, 4.69) is 0 Å². The zero-order chi connectivity index (χ0) is 14.3. The van der Waals surface area contributed by atoms with Crippen LogP contribution in [-0.2, 0) is 0 Å². The Bertz CT molecular complexity index is 785. The van der Waals surface area contributed by atoms with Crippen LogP contribution < -0.4 is 5.73 Å². The van der Waals surface area contributed by atoms with E-state index in [9.17, 15) is 4.39 Å². The van der Waals surface area contributed by atoms with Gasteiger partial charge >= 0.3 is 0 Å². The van der Waals surface area contributed by atoms with Crippen LogP contribution in [0.2, 0.25) is 10.0 Å². The molecule has 2 nitrogen and oxygen atoms in total. The molecule has 0 bridgehead atoms. The number of benzene rings is 2. The summed E-state index contributed by atoms with van der Waals surface area (Å²) in [6.07, 6.45) is 0. The molecule has 0 spiro atoms. The van der Waals surface area contributed by atoms with Crippen molar-refractivity contribution in [3.63, 3.8) is 0 Å². The quantitative estimate of drug-likeness (QED) is 0.729. The second-order valence-electron chi connectivity index (χ2n) is 4.46. The molecule has 0 saturated heterocycles. The van der Waals surface area contributed by atoms with Gasteiger partial charge in [0.05, 0.1) is 16.1 Å². The van der Waals surface area contributed by atoms with Crippen molar-refractivity contribution in [1.29, 1.82) is 0 Å². The van der Waals surface area contributed by atoms with Crippen LogP contribution in [0.5, 0.6) is 0 Å². The highest BCUT2D eigenvalue weighted by Gasteiger charge is 2.16. The Morgan fingerprint density at radius 2 is 1.85 bits per heavy atom. The van der Waals surface area contributed by atoms with E-state index in [1.807, 2.05) is 0 Å². The highest BCUT2D eigenvalue weighted by atomic mass is 35.5. The van der Waals surface area contributed by atoms with Gasteiger partial charge in [0.25, 0.3) is 0 Å². The standard InChI is InChI=1S/C15H10Cl2FNO/c16-10-5-4-8(6-11(10)17)14(19)13-7-9-2-1-3-12(18)15(9)20-13/h1-7,14H,19H2. The molecule has 1 atom stereocenters. The maximum Gasteiger partial charge on any atom is 0.169 e. The Labute approximate surface area is 124 Å². The molecule has 0 aliphatic carbocycles. The lowest BCUT2D eigenvalue weighted by Gasteiger charge is -2.09. The second kappa shape index (κ2) is 5.09. The van der Waals surface area contributed by atoms with E-state index >= 15 is 0 Å². The Balaban J connectivity index is 2.05. The predicted molar refractivity (Wildman–Crippen MR) is 78.7 cm³/mol. The summed E-state index contributed by atoms with van der Waals surface area (Å²) in [4.78, 5) is 0. The highest BCUT2D eigenvalue weighted by Crippen LogP contribution is 2.31. The molecular formula is C15H10Cl2FNO. The molecule has 0 saturated carbocycles. The molecule has 0 aliphatic rings. The minimum atomic E-state index is -0.531. The third kappa shape index (κ3) is 2.29. The van der Waals surface area contributed by atoms with Crippen molar-refractivity contribution in [1.82, 2.24) is 0 Å². The van der Waals surface area contributed by atoms with Crippen molar-refractivity contribution in [2.45, 2.75) is 6.04 Å². The van der Waals surface area contributed by atoms with Gasteiger partial charge in [0.1, 0.15) is 5.76 Å². The Morgan fingerprint density at radius 1 is 1.05 bits per heavy atom. The van der Waals surface area contributed by atoms with Crippen LogP contribution in [0.25, 0.3) is 11.0 Å². The number of rotatable bonds is 2. The van der Waals surface area contributed by atoms with Crippen molar-refractivity contribution >= 4 is 34.2 Å². The summed E-state index contributed by atoms with van der Waals surface area (Å²) in [5, 5.41) is 1.55. The number of furan rings is 1. The van der Waals surface area contributed by atoms with Gasteiger partial charge in [-0.25, -0.2) is 4.39 Å². The zero-order valence-corrected chi connectivity index (χ0v) is 11.8. The average molecular weight is 310 g/mol. The van der Waals surface area contributed by atoms with Crippen LogP contribution in [0.4, 0.5) is 4.39 Å². The van der Waals surface area contributed by atoms with E-state index in [0.717, 1.165) is 5.56 Å². The van der Waals surface area contributed by atoms with E-state index in [1.54, 1.807) is 36.4 Å². The second-order valence-corrected chi connectivity index (χ2v) is 5.27. The van der Waals surface area contributed by atoms with Crippen molar-refractivity contribution in [3.05, 3.63) is 69.7 Å². The molecule has 3 aromatic rings. The van der Waals surface area contributed by atoms with Gasteiger partial charge in [0.15, 0.2) is 11.4 Å². The van der Waals surface area contributed by atoms with E-state index in [-0.39, 0.29) is 5.58 Å². The van der Waals surface area contributed by atoms with Gasteiger partial charge in [0, 0.05) is 5.39 Å². The first kappa shape index (κ1) is 13.4. The molecular weight excluding hydrogens is 300 g/mol. The minimum absolute atomic E-state index is 0.206. The van der Waals surface area contributed by atoms with Gasteiger partial charge in [-0.15, -0.1) is 0 Å². The van der Waals surface area contributed by atoms with Crippen LogP contribution in [0.1, 0.15) is 17.4 Å². The maximum atomic E-state index is 13.6. The molecule has 5 heteroatoms. The summed E-state index contributed by atoms with van der Waals surface area (Å²) in [5.41, 5.74) is 7.09. The number of para-hydroxylation sites is 1. The fourth-order valence-corrected chi connectivity index (χ4v) is 2.38. The van der Waals surface area contributed by atoms with Gasteiger partial charge in [-0.3, -0.25) is 0 Å². The predicted octanol–water partition coefficient (Wildman–Crippen LogP) is 4.93. The van der Waals surface area contributed by atoms with Crippen LogP contribution in [0, 0.1) is 5.82 Å². The first-order chi connectivity index (χ1) is 9.56. The largest absolute Gasteiger partial charge is 0.456 e. The van der Waals surface area contributed by atoms with Crippen molar-refractivity contribution in [2.24, 2.45) is 5.73 Å². The fourth-order valence-electron chi connectivity index (χ4n) is 2.07. The Kier molecular flexibility index (Phi) is 3.42. The lowest BCUT2D eigenvalue weighted by molar-refractivity contribution is 0.502. The third-order valence-electron chi connectivity index (χ3n) is 3.12. The van der Waals surface area contributed by atoms with Gasteiger partial charge < -0.3 is 10.2 Å². The number of hydrogen-bond donors (Lipinski definition) is 1. The molecule has 0 amide bonds. The maximum absolute atomic E-state index is 13.6. The first-order valence-corrected chi connectivity index (χ1v) is 6.70. The van der Waals surface area contributed by atoms with Crippen LogP contribution in [0.3, 0.4) is 0 Å². The van der Waals surface area contributed by atoms with Crippen LogP contribution >= 0.6 is 23.2 Å². The van der Waals surface area contributed by atoms with Gasteiger partial charge in [-0.1, -0.05) is 41.4 Å². The third-order valence-corrected chi connectivity index (χ3v) is 3.86. The Morgan fingerprint density at radius 3 is 2.55 bits per heavy atom. The van der Waals surface area contributed by atoms with E-state index < -0.39 is 11.9 Å².